The SMILES string of the molecule is CC1(C)OB(B2OC(C)(C)C(C)(C)O2)OC1(C)C.CC1(C)OB(c2cnc3c(c2)c(-c2ccc(OC4CCOCC4)c(C#N)c2)cn3S(=O)(=O)c2ccccc2)OC1(C)C.N#Cc1cc(-c2cn(S(=O)(=O)c3ccccc3)c3ccc(O)cc23)ccc1OC1CCOCC1.N#Cc1cc(-c2cn(S(=O)(=O)c3ccccc3)c3ncc(Br)cc23)ccc1OC1CCOCC1.OCCN1CCOCC1. The van der Waals surface area contributed by atoms with E-state index in [9.17, 15) is 46.1 Å². The molecule has 0 bridgehead atoms. The maximum atomic E-state index is 13.8. The Morgan fingerprint density at radius 2 is 0.752 bits per heavy atom. The van der Waals surface area contributed by atoms with Crippen molar-refractivity contribution < 1.29 is 96.6 Å². The van der Waals surface area contributed by atoms with Crippen LogP contribution in [-0.4, -0.2) is 214 Å². The molecule has 2 N–H and O–H groups in total. The number of phenolic OH excluding ortho intramolecular Hbond substituents is 1. The van der Waals surface area contributed by atoms with E-state index in [2.05, 4.69) is 49.0 Å². The Balaban J connectivity index is 0.000000138. The second kappa shape index (κ2) is 41.7. The van der Waals surface area contributed by atoms with Crippen molar-refractivity contribution in [2.75, 3.05) is 79.1 Å². The van der Waals surface area contributed by atoms with Crippen LogP contribution in [0.4, 0.5) is 0 Å². The monoisotopic (exact) mass is 1980 g/mol. The number of phenols is 1. The Bertz CT molecular complexity index is 6530. The fraction of sp³-hybridized carbons (Fsp3) is 0.390. The fourth-order valence-corrected chi connectivity index (χ4v) is 20.8. The normalized spacial score (nSPS) is 18.7. The van der Waals surface area contributed by atoms with E-state index in [-0.39, 0.29) is 73.4 Å². The number of hydrogen-bond donors (Lipinski definition) is 2. The number of aromatic hydroxyl groups is 1. The minimum atomic E-state index is -3.97. The number of rotatable bonds is 19. The number of fused-ring (bicyclic) bond motifs is 3. The van der Waals surface area contributed by atoms with Gasteiger partial charge in [-0.25, -0.2) is 47.1 Å². The molecule has 137 heavy (non-hydrogen) atoms. The molecular weight excluding hydrogens is 1870 g/mol. The zero-order valence-electron chi connectivity index (χ0n) is 78.6. The summed E-state index contributed by atoms with van der Waals surface area (Å²) in [5.41, 5.74) is 4.05. The van der Waals surface area contributed by atoms with Gasteiger partial charge in [0.25, 0.3) is 30.1 Å². The third kappa shape index (κ3) is 22.1. The molecule has 0 saturated carbocycles. The Kier molecular flexibility index (Phi) is 30.6. The molecule has 7 saturated heterocycles. The minimum Gasteiger partial charge on any atom is -0.508 e. The number of pyridine rings is 2. The van der Waals surface area contributed by atoms with Crippen LogP contribution in [0.1, 0.15) is 138 Å². The number of nitrogens with zero attached hydrogens (tertiary/aromatic N) is 9. The molecule has 0 radical (unpaired) electrons. The quantitative estimate of drug-likeness (QED) is 0.0710. The van der Waals surface area contributed by atoms with Crippen LogP contribution >= 0.6 is 15.9 Å². The van der Waals surface area contributed by atoms with Gasteiger partial charge in [0.15, 0.2) is 11.3 Å². The predicted octanol–water partition coefficient (Wildman–Crippen LogP) is 16.0. The van der Waals surface area contributed by atoms with Crippen molar-refractivity contribution in [3.05, 3.63) is 228 Å². The summed E-state index contributed by atoms with van der Waals surface area (Å²) in [6.45, 7) is 32.5. The summed E-state index contributed by atoms with van der Waals surface area (Å²) in [4.78, 5) is 11.7. The number of aromatic nitrogens is 5. The Morgan fingerprint density at radius 3 is 1.12 bits per heavy atom. The maximum Gasteiger partial charge on any atom is 0.496 e. The lowest BCUT2D eigenvalue weighted by Gasteiger charge is -2.32. The third-order valence-corrected chi connectivity index (χ3v) is 31.7. The first kappa shape index (κ1) is 101. The number of nitriles is 3. The molecular formula is C100H111B3BrN9O21S3. The lowest BCUT2D eigenvalue weighted by molar-refractivity contribution is 0.00578. The lowest BCUT2D eigenvalue weighted by atomic mass is 9.49. The summed E-state index contributed by atoms with van der Waals surface area (Å²) in [5.74, 6) is 1.51. The van der Waals surface area contributed by atoms with E-state index < -0.39 is 62.4 Å². The van der Waals surface area contributed by atoms with Crippen molar-refractivity contribution in [3.63, 3.8) is 0 Å². The first-order valence-corrected chi connectivity index (χ1v) is 50.7. The zero-order valence-corrected chi connectivity index (χ0v) is 82.6. The van der Waals surface area contributed by atoms with E-state index in [1.165, 1.54) is 42.4 Å². The van der Waals surface area contributed by atoms with Gasteiger partial charge >= 0.3 is 21.1 Å². The second-order valence-electron chi connectivity index (χ2n) is 37.1. The Hall–Kier alpha value is -10.8. The molecule has 716 valence electrons. The number of aliphatic hydroxyl groups excluding tert-OH is 1. The average Bonchev–Trinajstić information content (AvgIpc) is 1.60. The van der Waals surface area contributed by atoms with Crippen LogP contribution in [0, 0.1) is 34.0 Å². The standard InChI is InChI=1S/C31H32BN3O6S.C26H22N2O5S.C25H20BrN3O4S.C12H24B2O4.C6H13NO2/c1-30(2)31(3,4)41-32(40-30)23-17-26-27(20-35(29(26)34-19-23)42(36,37)25-8-6-5-7-9-25)21-10-11-28(22(16-21)18-33)39-24-12-14-38-15-13-24;27-16-19-14-18(6-9-26(19)33-21-10-12-32-13-11-21)24-17-28(25-8-7-20(29)15-23(24)25)34(30,31)22-4-2-1-3-5-22;26-19-13-22-23(16-29(25(22)28-15-19)34(30,31)21-4-2-1-3-5-21)17-6-7-24(18(12-17)14-27)33-20-8-10-32-11-9-20;1-9(2)10(3,4)16-13(15-9)14-17-11(5,6)12(7,8)18-14;8-4-1-7-2-5-9-6-3-7/h5-11,16-17,19-20,24H,12-15H2,1-4H3;1-9,14-15,17,21,29H,10-13H2;1-7,12-13,15-16,20H,8-11H2;1-8H3;8H,1-6H2. The molecule has 0 amide bonds. The van der Waals surface area contributed by atoms with Gasteiger partial charge in [-0.1, -0.05) is 72.8 Å². The van der Waals surface area contributed by atoms with E-state index in [1.54, 1.807) is 152 Å². The van der Waals surface area contributed by atoms with Crippen LogP contribution in [0.15, 0.2) is 226 Å². The van der Waals surface area contributed by atoms with Gasteiger partial charge in [0.1, 0.15) is 59.5 Å². The number of morpholine rings is 1. The first-order valence-electron chi connectivity index (χ1n) is 45.5. The van der Waals surface area contributed by atoms with Crippen LogP contribution in [0.2, 0.25) is 0 Å². The highest BCUT2D eigenvalue weighted by atomic mass is 79.9. The summed E-state index contributed by atoms with van der Waals surface area (Å²) < 4.78 is 161. The topological polar surface area (TPSA) is 378 Å². The van der Waals surface area contributed by atoms with Crippen molar-refractivity contribution in [2.45, 2.75) is 188 Å². The van der Waals surface area contributed by atoms with Crippen molar-refractivity contribution in [1.82, 2.24) is 26.8 Å². The van der Waals surface area contributed by atoms with E-state index in [4.69, 9.17) is 66.2 Å². The van der Waals surface area contributed by atoms with Gasteiger partial charge in [0.2, 0.25) is 0 Å². The summed E-state index contributed by atoms with van der Waals surface area (Å²) in [5, 5.41) is 50.0. The molecule has 5 aromatic heterocycles. The molecule has 12 aromatic rings. The number of halogens is 1. The molecule has 0 unspecified atom stereocenters. The van der Waals surface area contributed by atoms with E-state index in [1.807, 2.05) is 107 Å². The molecule has 7 aliphatic rings. The lowest BCUT2D eigenvalue weighted by Crippen LogP contribution is -2.41. The van der Waals surface area contributed by atoms with Gasteiger partial charge in [-0.15, -0.1) is 0 Å². The number of benzene rings is 7. The molecule has 12 heterocycles. The molecule has 37 heteroatoms. The molecule has 7 aliphatic heterocycles. The van der Waals surface area contributed by atoms with Crippen molar-refractivity contribution in [1.29, 1.82) is 15.8 Å². The summed E-state index contributed by atoms with van der Waals surface area (Å²) in [6, 6.07) is 55.4. The molecule has 30 nitrogen and oxygen atoms in total. The molecule has 7 fully saturated rings. The second-order valence-corrected chi connectivity index (χ2v) is 43.5. The van der Waals surface area contributed by atoms with Gasteiger partial charge in [0.05, 0.1) is 130 Å². The summed E-state index contributed by atoms with van der Waals surface area (Å²) in [7, 11) is -13.4. The molecule has 0 aliphatic carbocycles. The summed E-state index contributed by atoms with van der Waals surface area (Å²) in [6.07, 6.45) is 12.4. The minimum absolute atomic E-state index is 0.00443. The Labute approximate surface area is 809 Å². The van der Waals surface area contributed by atoms with E-state index in [0.29, 0.717) is 140 Å². The maximum absolute atomic E-state index is 13.8. The van der Waals surface area contributed by atoms with Gasteiger partial charge in [-0.2, -0.15) is 15.8 Å². The predicted molar refractivity (Wildman–Crippen MR) is 524 cm³/mol. The number of hydrogen-bond acceptors (Lipinski definition) is 27. The molecule has 0 spiro atoms. The highest BCUT2D eigenvalue weighted by molar-refractivity contribution is 9.10. The fourth-order valence-electron chi connectivity index (χ4n) is 16.4. The number of β-amino-alcohol motifs (C(OH)–C–C–N with tert-alkyl or cyclic N) is 1. The molecule has 19 rings (SSSR count). The largest absolute Gasteiger partial charge is 0.508 e. The van der Waals surface area contributed by atoms with E-state index in [0.717, 1.165) is 75.8 Å². The zero-order chi connectivity index (χ0) is 97.6. The molecule has 0 atom stereocenters. The van der Waals surface area contributed by atoms with Crippen LogP contribution in [0.5, 0.6) is 23.0 Å². The van der Waals surface area contributed by atoms with Crippen LogP contribution < -0.4 is 19.7 Å². The number of aliphatic hydroxyl groups is 1. The number of ether oxygens (including phenoxy) is 7. The average molecular weight is 1980 g/mol. The van der Waals surface area contributed by atoms with E-state index >= 15 is 0 Å². The van der Waals surface area contributed by atoms with Crippen molar-refractivity contribution in [3.8, 4) is 74.6 Å². The van der Waals surface area contributed by atoms with Gasteiger partial charge in [-0.05, 0) is 219 Å². The highest BCUT2D eigenvalue weighted by Crippen LogP contribution is 2.46. The van der Waals surface area contributed by atoms with Gasteiger partial charge in [0, 0.05) is 132 Å². The highest BCUT2D eigenvalue weighted by Gasteiger charge is 2.64. The van der Waals surface area contributed by atoms with Crippen LogP contribution in [0.3, 0.4) is 0 Å². The van der Waals surface area contributed by atoms with Gasteiger partial charge < -0.3 is 71.3 Å². The molecule has 7 aromatic carbocycles. The van der Waals surface area contributed by atoms with Gasteiger partial charge in [-0.3, -0.25) is 4.90 Å². The van der Waals surface area contributed by atoms with Crippen molar-refractivity contribution in [2.24, 2.45) is 0 Å². The summed E-state index contributed by atoms with van der Waals surface area (Å²) >= 11 is 3.44. The Morgan fingerprint density at radius 1 is 0.416 bits per heavy atom. The first-order chi connectivity index (χ1) is 65.2. The van der Waals surface area contributed by atoms with Crippen molar-refractivity contribution >= 4 is 106 Å². The third-order valence-electron chi connectivity index (χ3n) is 26.3. The van der Waals surface area contributed by atoms with Crippen LogP contribution in [-0.2, 0) is 76.9 Å². The smallest absolute Gasteiger partial charge is 0.496 e. The van der Waals surface area contributed by atoms with Crippen LogP contribution in [0.25, 0.3) is 66.4 Å².